The highest BCUT2D eigenvalue weighted by molar-refractivity contribution is 5.78. The molecule has 2 aliphatic rings. The van der Waals surface area contributed by atoms with Crippen LogP contribution in [-0.4, -0.2) is 83.4 Å². The maximum Gasteiger partial charge on any atom is 0.406 e. The van der Waals surface area contributed by atoms with Crippen molar-refractivity contribution in [2.45, 2.75) is 56.9 Å². The molecule has 2 heterocycles. The van der Waals surface area contributed by atoms with E-state index in [2.05, 4.69) is 15.2 Å². The van der Waals surface area contributed by atoms with Gasteiger partial charge < -0.3 is 14.6 Å². The Morgan fingerprint density at radius 3 is 2.63 bits per heavy atom. The summed E-state index contributed by atoms with van der Waals surface area (Å²) in [6.07, 6.45) is 4.04. The zero-order valence-electron chi connectivity index (χ0n) is 17.6. The quantitative estimate of drug-likeness (QED) is 0.683. The Hall–Kier alpha value is -1.65. The normalized spacial score (nSPS) is 20.4. The Morgan fingerprint density at radius 2 is 1.97 bits per heavy atom. The molecular weight excluding hydrogens is 399 g/mol. The van der Waals surface area contributed by atoms with Crippen molar-refractivity contribution in [1.29, 1.82) is 0 Å². The molecule has 1 aliphatic heterocycles. The van der Waals surface area contributed by atoms with Crippen LogP contribution in [0.2, 0.25) is 0 Å². The average Bonchev–Trinajstić information content (AvgIpc) is 3.12. The predicted molar refractivity (Wildman–Crippen MR) is 106 cm³/mol. The number of likely N-dealkylation sites (N-methyl/N-ethyl adjacent to an activating group) is 1. The molecule has 1 aromatic heterocycles. The number of nitrogens with zero attached hydrogens (tertiary/aromatic N) is 4. The Labute approximate surface area is 175 Å². The van der Waals surface area contributed by atoms with Gasteiger partial charge in [0.15, 0.2) is 0 Å². The highest BCUT2D eigenvalue weighted by Crippen LogP contribution is 2.33. The van der Waals surface area contributed by atoms with Crippen molar-refractivity contribution in [2.24, 2.45) is 0 Å². The van der Waals surface area contributed by atoms with E-state index in [1.807, 2.05) is 0 Å². The zero-order chi connectivity index (χ0) is 21.6. The summed E-state index contributed by atoms with van der Waals surface area (Å²) < 4.78 is 44.6. The van der Waals surface area contributed by atoms with E-state index in [1.54, 1.807) is 11.9 Å². The van der Waals surface area contributed by atoms with E-state index < -0.39 is 12.7 Å². The van der Waals surface area contributed by atoms with Gasteiger partial charge in [-0.1, -0.05) is 19.3 Å². The number of ether oxygens (including phenoxy) is 1. The molecule has 7 nitrogen and oxygen atoms in total. The first-order valence-electron chi connectivity index (χ1n) is 10.6. The third-order valence-corrected chi connectivity index (χ3v) is 6.06. The van der Waals surface area contributed by atoms with Gasteiger partial charge in [-0.2, -0.15) is 13.2 Å². The highest BCUT2D eigenvalue weighted by atomic mass is 19.4. The summed E-state index contributed by atoms with van der Waals surface area (Å²) in [4.78, 5) is 20.7. The molecule has 1 saturated heterocycles. The fraction of sp³-hybridized carbons (Fsp3) is 0.800. The molecule has 0 unspecified atom stereocenters. The Balaban J connectivity index is 1.51. The zero-order valence-corrected chi connectivity index (χ0v) is 17.6. The van der Waals surface area contributed by atoms with Crippen LogP contribution >= 0.6 is 0 Å². The van der Waals surface area contributed by atoms with E-state index >= 15 is 0 Å². The number of alkyl halides is 3. The summed E-state index contributed by atoms with van der Waals surface area (Å²) in [5.41, 5.74) is -0.0147. The number of hydrogen-bond donors (Lipinski definition) is 1. The number of rotatable bonds is 8. The summed E-state index contributed by atoms with van der Waals surface area (Å²) >= 11 is 0. The molecule has 0 spiro atoms. The molecule has 3 rings (SSSR count). The molecule has 1 aliphatic carbocycles. The predicted octanol–water partition coefficient (Wildman–Crippen LogP) is 2.03. The maximum absolute atomic E-state index is 12.7. The molecule has 1 amide bonds. The van der Waals surface area contributed by atoms with E-state index in [0.717, 1.165) is 56.6 Å². The van der Waals surface area contributed by atoms with Gasteiger partial charge in [0, 0.05) is 37.6 Å². The summed E-state index contributed by atoms with van der Waals surface area (Å²) in [6, 6.07) is 0. The summed E-state index contributed by atoms with van der Waals surface area (Å²) in [6.45, 7) is 3.03. The number of carbonyl (C=O) groups excluding carboxylic acids is 1. The first-order valence-corrected chi connectivity index (χ1v) is 10.6. The summed E-state index contributed by atoms with van der Waals surface area (Å²) in [5.74, 6) is 0.171. The van der Waals surface area contributed by atoms with Crippen LogP contribution in [0.3, 0.4) is 0 Å². The largest absolute Gasteiger partial charge is 0.406 e. The number of halogens is 3. The number of amides is 1. The highest BCUT2D eigenvalue weighted by Gasteiger charge is 2.38. The Kier molecular flexibility index (Phi) is 7.75. The standard InChI is InChI=1S/C20H32F3N5O2/c1-26(13-17-24-7-8-27(17)16-20(21,22)23)14-18(29)25-15-19(5-3-2-4-6-19)28-9-11-30-12-10-28/h7-8H,2-6,9-16H2,1H3,(H,25,29). The van der Waals surface area contributed by atoms with Gasteiger partial charge in [0.2, 0.25) is 5.91 Å². The summed E-state index contributed by atoms with van der Waals surface area (Å²) in [7, 11) is 1.71. The topological polar surface area (TPSA) is 62.6 Å². The van der Waals surface area contributed by atoms with Crippen LogP contribution in [0.15, 0.2) is 12.4 Å². The molecule has 0 atom stereocenters. The van der Waals surface area contributed by atoms with E-state index in [9.17, 15) is 18.0 Å². The molecule has 10 heteroatoms. The molecule has 0 bridgehead atoms. The fourth-order valence-electron chi connectivity index (χ4n) is 4.54. The van der Waals surface area contributed by atoms with Crippen molar-refractivity contribution in [2.75, 3.05) is 46.4 Å². The molecule has 2 fully saturated rings. The third-order valence-electron chi connectivity index (χ3n) is 6.06. The number of aromatic nitrogens is 2. The van der Waals surface area contributed by atoms with Gasteiger partial charge in [-0.3, -0.25) is 14.6 Å². The van der Waals surface area contributed by atoms with Gasteiger partial charge >= 0.3 is 6.18 Å². The lowest BCUT2D eigenvalue weighted by Gasteiger charge is -2.48. The molecule has 1 saturated carbocycles. The molecule has 1 aromatic rings. The lowest BCUT2D eigenvalue weighted by molar-refractivity contribution is -0.141. The van der Waals surface area contributed by atoms with Gasteiger partial charge in [0.05, 0.1) is 26.3 Å². The van der Waals surface area contributed by atoms with Crippen LogP contribution < -0.4 is 5.32 Å². The van der Waals surface area contributed by atoms with Gasteiger partial charge in [0.25, 0.3) is 0 Å². The number of carbonyl (C=O) groups is 1. The molecule has 30 heavy (non-hydrogen) atoms. The molecule has 0 aromatic carbocycles. The van der Waals surface area contributed by atoms with E-state index in [0.29, 0.717) is 12.4 Å². The van der Waals surface area contributed by atoms with Crippen LogP contribution in [0.5, 0.6) is 0 Å². The minimum absolute atomic E-state index is 0.0147. The first kappa shape index (κ1) is 23.0. The molecule has 170 valence electrons. The Bertz CT molecular complexity index is 682. The van der Waals surface area contributed by atoms with Gasteiger partial charge in [-0.25, -0.2) is 4.98 Å². The smallest absolute Gasteiger partial charge is 0.379 e. The third kappa shape index (κ3) is 6.42. The van der Waals surface area contributed by atoms with Crippen molar-refractivity contribution in [3.05, 3.63) is 18.2 Å². The van der Waals surface area contributed by atoms with Crippen LogP contribution in [0.1, 0.15) is 37.9 Å². The van der Waals surface area contributed by atoms with E-state index in [-0.39, 0.29) is 24.5 Å². The lowest BCUT2D eigenvalue weighted by atomic mass is 9.79. The van der Waals surface area contributed by atoms with Crippen molar-refractivity contribution in [3.63, 3.8) is 0 Å². The van der Waals surface area contributed by atoms with Crippen molar-refractivity contribution in [3.8, 4) is 0 Å². The average molecular weight is 432 g/mol. The second kappa shape index (κ2) is 10.1. The number of morpholine rings is 1. The number of nitrogens with one attached hydrogen (secondary N) is 1. The molecule has 0 radical (unpaired) electrons. The van der Waals surface area contributed by atoms with Crippen LogP contribution in [0, 0.1) is 0 Å². The Morgan fingerprint density at radius 1 is 1.27 bits per heavy atom. The molecule has 1 N–H and O–H groups in total. The van der Waals surface area contributed by atoms with Crippen LogP contribution in [-0.2, 0) is 22.6 Å². The van der Waals surface area contributed by atoms with E-state index in [4.69, 9.17) is 4.74 Å². The van der Waals surface area contributed by atoms with Crippen molar-refractivity contribution < 1.29 is 22.7 Å². The minimum atomic E-state index is -4.31. The first-order chi connectivity index (χ1) is 14.3. The van der Waals surface area contributed by atoms with Gasteiger partial charge in [-0.05, 0) is 19.9 Å². The minimum Gasteiger partial charge on any atom is -0.379 e. The van der Waals surface area contributed by atoms with Crippen LogP contribution in [0.4, 0.5) is 13.2 Å². The number of hydrogen-bond acceptors (Lipinski definition) is 5. The van der Waals surface area contributed by atoms with Crippen LogP contribution in [0.25, 0.3) is 0 Å². The van der Waals surface area contributed by atoms with Crippen molar-refractivity contribution in [1.82, 2.24) is 24.7 Å². The van der Waals surface area contributed by atoms with E-state index in [1.165, 1.54) is 18.8 Å². The lowest BCUT2D eigenvalue weighted by Crippen LogP contribution is -2.60. The van der Waals surface area contributed by atoms with Crippen molar-refractivity contribution >= 4 is 5.91 Å². The number of imidazole rings is 1. The second-order valence-electron chi connectivity index (χ2n) is 8.42. The second-order valence-corrected chi connectivity index (χ2v) is 8.42. The summed E-state index contributed by atoms with van der Waals surface area (Å²) in [5, 5.41) is 3.08. The monoisotopic (exact) mass is 431 g/mol. The SMILES string of the molecule is CN(CC(=O)NCC1(N2CCOCC2)CCCCC1)Cc1nccn1CC(F)(F)F. The maximum atomic E-state index is 12.7. The van der Waals surface area contributed by atoms with Gasteiger partial charge in [-0.15, -0.1) is 0 Å². The molecular formula is C20H32F3N5O2. The van der Waals surface area contributed by atoms with Gasteiger partial charge in [0.1, 0.15) is 12.4 Å². The fourth-order valence-corrected chi connectivity index (χ4v) is 4.54.